The summed E-state index contributed by atoms with van der Waals surface area (Å²) in [6, 6.07) is 6.62. The molecule has 1 aliphatic heterocycles. The summed E-state index contributed by atoms with van der Waals surface area (Å²) in [6.45, 7) is 3.16. The number of amides is 3. The van der Waals surface area contributed by atoms with Gasteiger partial charge in [-0.15, -0.1) is 0 Å². The molecule has 28 heavy (non-hydrogen) atoms. The van der Waals surface area contributed by atoms with E-state index in [0.29, 0.717) is 16.9 Å². The van der Waals surface area contributed by atoms with E-state index < -0.39 is 18.5 Å². The Kier molecular flexibility index (Phi) is 5.53. The van der Waals surface area contributed by atoms with Crippen LogP contribution in [0, 0.1) is 13.8 Å². The van der Waals surface area contributed by atoms with Crippen LogP contribution in [0.3, 0.4) is 0 Å². The predicted octanol–water partition coefficient (Wildman–Crippen LogP) is 1.85. The molecule has 3 rings (SSSR count). The zero-order chi connectivity index (χ0) is 20.3. The summed E-state index contributed by atoms with van der Waals surface area (Å²) < 4.78 is 9.69. The fraction of sp³-hybridized carbons (Fsp3) is 0.316. The number of aryl methyl sites for hydroxylation is 2. The first kappa shape index (κ1) is 19.3. The van der Waals surface area contributed by atoms with E-state index in [1.165, 1.54) is 6.07 Å². The van der Waals surface area contributed by atoms with Crippen LogP contribution in [0.25, 0.3) is 0 Å². The Morgan fingerprint density at radius 2 is 1.89 bits per heavy atom. The fourth-order valence-corrected chi connectivity index (χ4v) is 2.81. The van der Waals surface area contributed by atoms with Crippen LogP contribution in [0.5, 0.6) is 0 Å². The maximum atomic E-state index is 12.3. The summed E-state index contributed by atoms with van der Waals surface area (Å²) >= 11 is 0. The van der Waals surface area contributed by atoms with Gasteiger partial charge in [-0.3, -0.25) is 24.1 Å². The molecule has 0 spiro atoms. The lowest BCUT2D eigenvalue weighted by Gasteiger charge is -2.13. The molecule has 9 nitrogen and oxygen atoms in total. The van der Waals surface area contributed by atoms with Gasteiger partial charge in [0.05, 0.1) is 11.1 Å². The third-order valence-corrected chi connectivity index (χ3v) is 4.15. The number of esters is 1. The van der Waals surface area contributed by atoms with Crippen molar-refractivity contribution in [3.8, 4) is 0 Å². The lowest BCUT2D eigenvalue weighted by molar-refractivity contribution is -0.147. The first-order valence-electron chi connectivity index (χ1n) is 8.71. The molecule has 0 saturated carbocycles. The van der Waals surface area contributed by atoms with E-state index in [0.717, 1.165) is 10.5 Å². The fourth-order valence-electron chi connectivity index (χ4n) is 2.81. The number of hydrogen-bond donors (Lipinski definition) is 1. The molecule has 1 aromatic carbocycles. The van der Waals surface area contributed by atoms with Gasteiger partial charge in [0.15, 0.2) is 12.4 Å². The molecule has 2 heterocycles. The maximum absolute atomic E-state index is 12.3. The van der Waals surface area contributed by atoms with Crippen molar-refractivity contribution in [2.45, 2.75) is 26.7 Å². The number of carbonyl (C=O) groups is 4. The second-order valence-electron chi connectivity index (χ2n) is 6.45. The van der Waals surface area contributed by atoms with Crippen molar-refractivity contribution in [1.29, 1.82) is 0 Å². The molecule has 0 bridgehead atoms. The van der Waals surface area contributed by atoms with Gasteiger partial charge in [-0.2, -0.15) is 0 Å². The zero-order valence-corrected chi connectivity index (χ0v) is 15.5. The van der Waals surface area contributed by atoms with Crippen molar-refractivity contribution in [2.24, 2.45) is 0 Å². The number of imide groups is 1. The Bertz CT molecular complexity index is 949. The Labute approximate surface area is 160 Å². The van der Waals surface area contributed by atoms with Crippen molar-refractivity contribution in [3.63, 3.8) is 0 Å². The molecule has 0 unspecified atom stereocenters. The van der Waals surface area contributed by atoms with Gasteiger partial charge in [0.1, 0.15) is 5.76 Å². The molecule has 2 aromatic rings. The molecule has 1 aromatic heterocycles. The Balaban J connectivity index is 1.41. The zero-order valence-electron chi connectivity index (χ0n) is 15.5. The largest absolute Gasteiger partial charge is 0.456 e. The number of anilines is 1. The van der Waals surface area contributed by atoms with Gasteiger partial charge in [-0.25, -0.2) is 0 Å². The van der Waals surface area contributed by atoms with Crippen LogP contribution in [0.2, 0.25) is 0 Å². The number of aromatic nitrogens is 1. The number of hydrogen-bond acceptors (Lipinski definition) is 7. The molecular weight excluding hydrogens is 366 g/mol. The second-order valence-corrected chi connectivity index (χ2v) is 6.45. The number of benzene rings is 1. The lowest BCUT2D eigenvalue weighted by Crippen LogP contribution is -2.31. The van der Waals surface area contributed by atoms with Crippen LogP contribution in [0.15, 0.2) is 28.8 Å². The summed E-state index contributed by atoms with van der Waals surface area (Å²) in [5.41, 5.74) is 1.65. The van der Waals surface area contributed by atoms with E-state index in [9.17, 15) is 19.2 Å². The van der Waals surface area contributed by atoms with Crippen LogP contribution in [0.1, 0.15) is 44.9 Å². The summed E-state index contributed by atoms with van der Waals surface area (Å²) in [6.07, 6.45) is 0.218. The molecule has 146 valence electrons. The molecule has 3 amide bonds. The van der Waals surface area contributed by atoms with E-state index in [2.05, 4.69) is 10.5 Å². The van der Waals surface area contributed by atoms with Gasteiger partial charge in [-0.1, -0.05) is 16.8 Å². The SMILES string of the molecule is Cc1ccc2c(c1)C(=O)N(CCCC(=O)OCC(=O)Nc1cc(C)on1)C2=O. The molecule has 1 aliphatic rings. The molecule has 0 saturated heterocycles. The van der Waals surface area contributed by atoms with Crippen LogP contribution >= 0.6 is 0 Å². The predicted molar refractivity (Wildman–Crippen MR) is 96.6 cm³/mol. The second kappa shape index (κ2) is 8.03. The van der Waals surface area contributed by atoms with E-state index in [1.807, 2.05) is 6.92 Å². The quantitative estimate of drug-likeness (QED) is 0.570. The average Bonchev–Trinajstić information content (AvgIpc) is 3.16. The smallest absolute Gasteiger partial charge is 0.306 e. The Morgan fingerprint density at radius 1 is 1.14 bits per heavy atom. The number of nitrogens with zero attached hydrogens (tertiary/aromatic N) is 2. The molecule has 0 aliphatic carbocycles. The van der Waals surface area contributed by atoms with E-state index >= 15 is 0 Å². The monoisotopic (exact) mass is 385 g/mol. The number of ether oxygens (including phenoxy) is 1. The van der Waals surface area contributed by atoms with Crippen molar-refractivity contribution in [1.82, 2.24) is 10.1 Å². The summed E-state index contributed by atoms with van der Waals surface area (Å²) in [4.78, 5) is 49.2. The minimum atomic E-state index is -0.598. The molecule has 9 heteroatoms. The van der Waals surface area contributed by atoms with Gasteiger partial charge in [0.2, 0.25) is 0 Å². The first-order chi connectivity index (χ1) is 13.3. The molecule has 0 radical (unpaired) electrons. The highest BCUT2D eigenvalue weighted by Gasteiger charge is 2.35. The van der Waals surface area contributed by atoms with Gasteiger partial charge < -0.3 is 14.6 Å². The Morgan fingerprint density at radius 3 is 2.61 bits per heavy atom. The van der Waals surface area contributed by atoms with Gasteiger partial charge in [0.25, 0.3) is 17.7 Å². The normalized spacial score (nSPS) is 12.9. The minimum Gasteiger partial charge on any atom is -0.456 e. The topological polar surface area (TPSA) is 119 Å². The molecule has 0 fully saturated rings. The van der Waals surface area contributed by atoms with Crippen molar-refractivity contribution in [3.05, 3.63) is 46.7 Å². The van der Waals surface area contributed by atoms with Gasteiger partial charge >= 0.3 is 5.97 Å². The highest BCUT2D eigenvalue weighted by molar-refractivity contribution is 6.21. The lowest BCUT2D eigenvalue weighted by atomic mass is 10.1. The van der Waals surface area contributed by atoms with E-state index in [4.69, 9.17) is 9.26 Å². The Hall–Kier alpha value is -3.49. The van der Waals surface area contributed by atoms with Crippen LogP contribution in [-0.4, -0.2) is 46.9 Å². The van der Waals surface area contributed by atoms with Gasteiger partial charge in [-0.05, 0) is 32.4 Å². The third kappa shape index (κ3) is 4.25. The molecule has 0 atom stereocenters. The summed E-state index contributed by atoms with van der Waals surface area (Å²) in [7, 11) is 0. The highest BCUT2D eigenvalue weighted by atomic mass is 16.5. The van der Waals surface area contributed by atoms with Gasteiger partial charge in [0, 0.05) is 19.0 Å². The van der Waals surface area contributed by atoms with E-state index in [-0.39, 0.29) is 37.0 Å². The standard InChI is InChI=1S/C19H19N3O6/c1-11-5-6-13-14(8-11)19(26)22(18(13)25)7-3-4-17(24)27-10-16(23)20-15-9-12(2)28-21-15/h5-6,8-9H,3-4,7,10H2,1-2H3,(H,20,21,23). The number of fused-ring (bicyclic) bond motifs is 1. The van der Waals surface area contributed by atoms with E-state index in [1.54, 1.807) is 25.1 Å². The average molecular weight is 385 g/mol. The summed E-state index contributed by atoms with van der Waals surface area (Å²) in [5, 5.41) is 6.02. The number of nitrogens with one attached hydrogen (secondary N) is 1. The third-order valence-electron chi connectivity index (χ3n) is 4.15. The maximum Gasteiger partial charge on any atom is 0.306 e. The van der Waals surface area contributed by atoms with Crippen molar-refractivity contribution in [2.75, 3.05) is 18.5 Å². The van der Waals surface area contributed by atoms with Crippen LogP contribution in [-0.2, 0) is 14.3 Å². The van der Waals surface area contributed by atoms with Crippen LogP contribution in [0.4, 0.5) is 5.82 Å². The number of carbonyl (C=O) groups excluding carboxylic acids is 4. The highest BCUT2D eigenvalue weighted by Crippen LogP contribution is 2.24. The minimum absolute atomic E-state index is 0.0250. The molecular formula is C19H19N3O6. The number of rotatable bonds is 7. The first-order valence-corrected chi connectivity index (χ1v) is 8.71. The van der Waals surface area contributed by atoms with Crippen LogP contribution < -0.4 is 5.32 Å². The summed E-state index contributed by atoms with van der Waals surface area (Å²) in [5.74, 6) is -1.10. The van der Waals surface area contributed by atoms with Crippen molar-refractivity contribution < 1.29 is 28.4 Å². The van der Waals surface area contributed by atoms with Crippen molar-refractivity contribution >= 4 is 29.5 Å². The molecule has 1 N–H and O–H groups in total.